The molecule has 0 atom stereocenters. The molecule has 3 heteroatoms. The lowest BCUT2D eigenvalue weighted by Gasteiger charge is -2.11. The van der Waals surface area contributed by atoms with Crippen LogP contribution < -0.4 is 10.5 Å². The molecule has 1 aromatic heterocycles. The number of ether oxygens (including phenoxy) is 1. The van der Waals surface area contributed by atoms with E-state index in [9.17, 15) is 0 Å². The van der Waals surface area contributed by atoms with Gasteiger partial charge in [-0.15, -0.1) is 0 Å². The van der Waals surface area contributed by atoms with Gasteiger partial charge < -0.3 is 10.5 Å². The average Bonchev–Trinajstić information content (AvgIpc) is 2.35. The summed E-state index contributed by atoms with van der Waals surface area (Å²) < 4.78 is 5.82. The fourth-order valence-corrected chi connectivity index (χ4v) is 1.61. The zero-order valence-electron chi connectivity index (χ0n) is 10.1. The fourth-order valence-electron chi connectivity index (χ4n) is 1.61. The number of hydrogen-bond acceptors (Lipinski definition) is 3. The van der Waals surface area contributed by atoms with Crippen molar-refractivity contribution in [2.75, 3.05) is 0 Å². The van der Waals surface area contributed by atoms with Gasteiger partial charge in [-0.25, -0.2) is 4.98 Å². The van der Waals surface area contributed by atoms with Crippen LogP contribution in [0.25, 0.3) is 0 Å². The molecule has 0 unspecified atom stereocenters. The molecule has 2 N–H and O–H groups in total. The molecule has 0 saturated carbocycles. The van der Waals surface area contributed by atoms with Crippen LogP contribution in [0.15, 0.2) is 36.5 Å². The molecule has 1 heterocycles. The van der Waals surface area contributed by atoms with Gasteiger partial charge in [0.15, 0.2) is 0 Å². The minimum Gasteiger partial charge on any atom is -0.438 e. The number of aryl methyl sites for hydroxylation is 1. The number of nitrogens with two attached hydrogens (primary N) is 1. The van der Waals surface area contributed by atoms with Gasteiger partial charge in [0.05, 0.1) is 0 Å². The van der Waals surface area contributed by atoms with E-state index in [1.165, 1.54) is 5.56 Å². The Kier molecular flexibility index (Phi) is 3.40. The Balaban J connectivity index is 2.35. The van der Waals surface area contributed by atoms with Gasteiger partial charge in [-0.1, -0.05) is 18.2 Å². The van der Waals surface area contributed by atoms with E-state index in [1.54, 1.807) is 6.20 Å². The van der Waals surface area contributed by atoms with Crippen LogP contribution in [0.5, 0.6) is 11.6 Å². The quantitative estimate of drug-likeness (QED) is 0.878. The lowest BCUT2D eigenvalue weighted by atomic mass is 10.1. The Hall–Kier alpha value is -1.87. The summed E-state index contributed by atoms with van der Waals surface area (Å²) in [5, 5.41) is 0. The zero-order chi connectivity index (χ0) is 12.3. The number of nitrogens with zero attached hydrogens (tertiary/aromatic N) is 1. The maximum absolute atomic E-state index is 5.82. The first-order chi connectivity index (χ1) is 8.22. The molecule has 2 aromatic rings. The van der Waals surface area contributed by atoms with Crippen LogP contribution in [0.1, 0.15) is 16.7 Å². The SMILES string of the molecule is Cc1cccc(Oc2ncccc2CN)c1C. The third kappa shape index (κ3) is 2.45. The molecule has 0 fully saturated rings. The summed E-state index contributed by atoms with van der Waals surface area (Å²) in [4.78, 5) is 4.21. The van der Waals surface area contributed by atoms with Crippen molar-refractivity contribution in [1.82, 2.24) is 4.98 Å². The standard InChI is InChI=1S/C14H16N2O/c1-10-5-3-7-13(11(10)2)17-14-12(9-15)6-4-8-16-14/h3-8H,9,15H2,1-2H3. The van der Waals surface area contributed by atoms with Crippen LogP contribution in [0, 0.1) is 13.8 Å². The van der Waals surface area contributed by atoms with Gasteiger partial charge in [0.1, 0.15) is 5.75 Å². The molecule has 17 heavy (non-hydrogen) atoms. The predicted molar refractivity (Wildman–Crippen MR) is 68.1 cm³/mol. The van der Waals surface area contributed by atoms with Crippen molar-refractivity contribution in [3.8, 4) is 11.6 Å². The van der Waals surface area contributed by atoms with Crippen LogP contribution in [-0.4, -0.2) is 4.98 Å². The van der Waals surface area contributed by atoms with Crippen LogP contribution in [0.4, 0.5) is 0 Å². The smallest absolute Gasteiger partial charge is 0.223 e. The first-order valence-corrected chi connectivity index (χ1v) is 5.60. The maximum atomic E-state index is 5.82. The molecule has 0 aliphatic carbocycles. The molecule has 88 valence electrons. The molecule has 0 aliphatic rings. The van der Waals surface area contributed by atoms with Crippen LogP contribution in [-0.2, 0) is 6.54 Å². The monoisotopic (exact) mass is 228 g/mol. The molecule has 1 aromatic carbocycles. The summed E-state index contributed by atoms with van der Waals surface area (Å²) >= 11 is 0. The van der Waals surface area contributed by atoms with E-state index in [0.29, 0.717) is 12.4 Å². The van der Waals surface area contributed by atoms with Crippen LogP contribution in [0.2, 0.25) is 0 Å². The number of pyridine rings is 1. The van der Waals surface area contributed by atoms with Crippen LogP contribution >= 0.6 is 0 Å². The van der Waals surface area contributed by atoms with Gasteiger partial charge >= 0.3 is 0 Å². The summed E-state index contributed by atoms with van der Waals surface area (Å²) in [6.45, 7) is 4.52. The first kappa shape index (κ1) is 11.6. The van der Waals surface area contributed by atoms with Crippen molar-refractivity contribution >= 4 is 0 Å². The Morgan fingerprint density at radius 2 is 2.00 bits per heavy atom. The second-order valence-corrected chi connectivity index (χ2v) is 3.97. The molecule has 0 spiro atoms. The number of aromatic nitrogens is 1. The molecular weight excluding hydrogens is 212 g/mol. The van der Waals surface area contributed by atoms with E-state index < -0.39 is 0 Å². The third-order valence-electron chi connectivity index (χ3n) is 2.83. The molecule has 0 radical (unpaired) electrons. The zero-order valence-corrected chi connectivity index (χ0v) is 10.1. The van der Waals surface area contributed by atoms with Gasteiger partial charge in [0.2, 0.25) is 5.88 Å². The average molecular weight is 228 g/mol. The fraction of sp³-hybridized carbons (Fsp3) is 0.214. The van der Waals surface area contributed by atoms with E-state index in [1.807, 2.05) is 31.2 Å². The van der Waals surface area contributed by atoms with Gasteiger partial charge in [0, 0.05) is 18.3 Å². The maximum Gasteiger partial charge on any atom is 0.223 e. The molecule has 0 amide bonds. The number of hydrogen-bond donors (Lipinski definition) is 1. The second-order valence-electron chi connectivity index (χ2n) is 3.97. The van der Waals surface area contributed by atoms with E-state index in [4.69, 9.17) is 10.5 Å². The van der Waals surface area contributed by atoms with Gasteiger partial charge in [-0.05, 0) is 37.1 Å². The number of rotatable bonds is 3. The summed E-state index contributed by atoms with van der Waals surface area (Å²) in [6.07, 6.45) is 1.71. The predicted octanol–water partition coefficient (Wildman–Crippen LogP) is 2.95. The minimum absolute atomic E-state index is 0.425. The Labute approximate surface area is 101 Å². The molecule has 3 nitrogen and oxygen atoms in total. The van der Waals surface area contributed by atoms with Gasteiger partial charge in [0.25, 0.3) is 0 Å². The highest BCUT2D eigenvalue weighted by molar-refractivity contribution is 5.41. The van der Waals surface area contributed by atoms with Gasteiger partial charge in [-0.2, -0.15) is 0 Å². The summed E-state index contributed by atoms with van der Waals surface area (Å²) in [7, 11) is 0. The van der Waals surface area contributed by atoms with Gasteiger partial charge in [-0.3, -0.25) is 0 Å². The summed E-state index contributed by atoms with van der Waals surface area (Å²) in [5.41, 5.74) is 8.89. The molecular formula is C14H16N2O. The van der Waals surface area contributed by atoms with E-state index in [-0.39, 0.29) is 0 Å². The van der Waals surface area contributed by atoms with Crippen molar-refractivity contribution < 1.29 is 4.74 Å². The summed E-state index contributed by atoms with van der Waals surface area (Å²) in [6, 6.07) is 9.76. The van der Waals surface area contributed by atoms with Crippen molar-refractivity contribution in [1.29, 1.82) is 0 Å². The second kappa shape index (κ2) is 4.97. The Bertz CT molecular complexity index is 523. The molecule has 0 aliphatic heterocycles. The van der Waals surface area contributed by atoms with E-state index in [2.05, 4.69) is 18.0 Å². The lowest BCUT2D eigenvalue weighted by molar-refractivity contribution is 0.452. The highest BCUT2D eigenvalue weighted by atomic mass is 16.5. The first-order valence-electron chi connectivity index (χ1n) is 5.60. The van der Waals surface area contributed by atoms with Crippen LogP contribution in [0.3, 0.4) is 0 Å². The van der Waals surface area contributed by atoms with Crippen molar-refractivity contribution in [2.24, 2.45) is 5.73 Å². The highest BCUT2D eigenvalue weighted by Crippen LogP contribution is 2.27. The Morgan fingerprint density at radius 3 is 2.76 bits per heavy atom. The topological polar surface area (TPSA) is 48.1 Å². The Morgan fingerprint density at radius 1 is 1.18 bits per heavy atom. The highest BCUT2D eigenvalue weighted by Gasteiger charge is 2.07. The van der Waals surface area contributed by atoms with E-state index >= 15 is 0 Å². The van der Waals surface area contributed by atoms with Crippen molar-refractivity contribution in [3.63, 3.8) is 0 Å². The molecule has 2 rings (SSSR count). The minimum atomic E-state index is 0.425. The van der Waals surface area contributed by atoms with Crippen molar-refractivity contribution in [2.45, 2.75) is 20.4 Å². The third-order valence-corrected chi connectivity index (χ3v) is 2.83. The largest absolute Gasteiger partial charge is 0.438 e. The molecule has 0 saturated heterocycles. The van der Waals surface area contributed by atoms with E-state index in [0.717, 1.165) is 16.9 Å². The lowest BCUT2D eigenvalue weighted by Crippen LogP contribution is -2.01. The van der Waals surface area contributed by atoms with Crippen molar-refractivity contribution in [3.05, 3.63) is 53.2 Å². The molecule has 0 bridgehead atoms. The summed E-state index contributed by atoms with van der Waals surface area (Å²) in [5.74, 6) is 1.42. The number of benzene rings is 1. The normalized spacial score (nSPS) is 10.3.